The number of ether oxygens (including phenoxy) is 1. The van der Waals surface area contributed by atoms with Crippen molar-refractivity contribution in [2.75, 3.05) is 6.61 Å². The van der Waals surface area contributed by atoms with Crippen LogP contribution in [0.1, 0.15) is 19.2 Å². The lowest BCUT2D eigenvalue weighted by atomic mass is 10.1. The molecule has 4 rings (SSSR count). The zero-order valence-corrected chi connectivity index (χ0v) is 15.9. The minimum Gasteiger partial charge on any atom is -0.494 e. The highest BCUT2D eigenvalue weighted by molar-refractivity contribution is 5.83. The topological polar surface area (TPSA) is 56.2 Å². The first-order chi connectivity index (χ1) is 13.7. The zero-order chi connectivity index (χ0) is 19.3. The molecule has 0 fully saturated rings. The summed E-state index contributed by atoms with van der Waals surface area (Å²) in [5.41, 5.74) is 2.02. The van der Waals surface area contributed by atoms with Crippen molar-refractivity contribution in [1.82, 2.24) is 14.9 Å². The highest BCUT2D eigenvalue weighted by Gasteiger charge is 2.10. The number of nitrogens with one attached hydrogen (secondary N) is 1. The molecule has 1 amide bonds. The fraction of sp³-hybridized carbons (Fsp3) is 0.217. The lowest BCUT2D eigenvalue weighted by molar-refractivity contribution is -0.119. The summed E-state index contributed by atoms with van der Waals surface area (Å²) in [5.74, 6) is 1.69. The lowest BCUT2D eigenvalue weighted by Gasteiger charge is -2.11. The molecule has 0 saturated carbocycles. The van der Waals surface area contributed by atoms with Gasteiger partial charge >= 0.3 is 0 Å². The fourth-order valence-electron chi connectivity index (χ4n) is 3.38. The van der Waals surface area contributed by atoms with Crippen LogP contribution in [-0.2, 0) is 17.9 Å². The van der Waals surface area contributed by atoms with Crippen LogP contribution in [0.4, 0.5) is 0 Å². The molecule has 5 nitrogen and oxygen atoms in total. The summed E-state index contributed by atoms with van der Waals surface area (Å²) in [7, 11) is 0. The van der Waals surface area contributed by atoms with Crippen LogP contribution in [0.15, 0.2) is 66.7 Å². The molecule has 0 saturated heterocycles. The first-order valence-corrected chi connectivity index (χ1v) is 9.51. The molecule has 0 bridgehead atoms. The second-order valence-corrected chi connectivity index (χ2v) is 6.79. The Morgan fingerprint density at radius 2 is 1.82 bits per heavy atom. The van der Waals surface area contributed by atoms with E-state index in [4.69, 9.17) is 4.74 Å². The molecule has 4 aromatic rings. The average Bonchev–Trinajstić information content (AvgIpc) is 3.07. The van der Waals surface area contributed by atoms with E-state index in [9.17, 15) is 4.79 Å². The predicted octanol–water partition coefficient (Wildman–Crippen LogP) is 4.29. The molecule has 142 valence electrons. The summed E-state index contributed by atoms with van der Waals surface area (Å²) in [4.78, 5) is 15.9. The molecule has 1 N–H and O–H groups in total. The second kappa shape index (κ2) is 8.13. The van der Waals surface area contributed by atoms with Gasteiger partial charge in [-0.3, -0.25) is 4.79 Å². The molecule has 28 heavy (non-hydrogen) atoms. The second-order valence-electron chi connectivity index (χ2n) is 6.79. The molecule has 0 aliphatic rings. The SMILES string of the molecule is CC(=O)NCc1nc2ccccc2n1CCCOc1ccc2ccccc2c1. The maximum Gasteiger partial charge on any atom is 0.217 e. The van der Waals surface area contributed by atoms with Crippen LogP contribution in [-0.4, -0.2) is 22.1 Å². The van der Waals surface area contributed by atoms with Crippen LogP contribution in [0.2, 0.25) is 0 Å². The molecular formula is C23H23N3O2. The molecule has 0 radical (unpaired) electrons. The van der Waals surface area contributed by atoms with Gasteiger partial charge in [-0.1, -0.05) is 42.5 Å². The number of carbonyl (C=O) groups is 1. The monoisotopic (exact) mass is 373 g/mol. The zero-order valence-electron chi connectivity index (χ0n) is 15.9. The summed E-state index contributed by atoms with van der Waals surface area (Å²) in [5, 5.41) is 5.23. The molecule has 5 heteroatoms. The number of hydrogen-bond acceptors (Lipinski definition) is 3. The quantitative estimate of drug-likeness (QED) is 0.492. The summed E-state index contributed by atoms with van der Waals surface area (Å²) in [6, 6.07) is 22.5. The number of fused-ring (bicyclic) bond motifs is 2. The van der Waals surface area contributed by atoms with Crippen LogP contribution in [0.3, 0.4) is 0 Å². The van der Waals surface area contributed by atoms with Crippen LogP contribution in [0.25, 0.3) is 21.8 Å². The van der Waals surface area contributed by atoms with E-state index in [-0.39, 0.29) is 5.91 Å². The van der Waals surface area contributed by atoms with Gasteiger partial charge in [-0.25, -0.2) is 4.98 Å². The van der Waals surface area contributed by atoms with Crippen LogP contribution in [0, 0.1) is 0 Å². The van der Waals surface area contributed by atoms with Crippen molar-refractivity contribution in [1.29, 1.82) is 0 Å². The van der Waals surface area contributed by atoms with Crippen LogP contribution >= 0.6 is 0 Å². The number of hydrogen-bond donors (Lipinski definition) is 1. The summed E-state index contributed by atoms with van der Waals surface area (Å²) in [6.07, 6.45) is 0.847. The molecule has 0 atom stereocenters. The average molecular weight is 373 g/mol. The lowest BCUT2D eigenvalue weighted by Crippen LogP contribution is -2.22. The smallest absolute Gasteiger partial charge is 0.217 e. The highest BCUT2D eigenvalue weighted by atomic mass is 16.5. The van der Waals surface area contributed by atoms with Crippen molar-refractivity contribution >= 4 is 27.7 Å². The van der Waals surface area contributed by atoms with Gasteiger partial charge in [0, 0.05) is 13.5 Å². The largest absolute Gasteiger partial charge is 0.494 e. The number of rotatable bonds is 7. The number of aryl methyl sites for hydroxylation is 1. The molecule has 1 heterocycles. The Kier molecular flexibility index (Phi) is 5.24. The molecule has 0 aliphatic carbocycles. The van der Waals surface area contributed by atoms with Crippen molar-refractivity contribution in [2.24, 2.45) is 0 Å². The maximum atomic E-state index is 11.3. The van der Waals surface area contributed by atoms with E-state index in [1.54, 1.807) is 0 Å². The molecule has 0 spiro atoms. The van der Waals surface area contributed by atoms with E-state index in [1.807, 2.05) is 36.4 Å². The molecule has 0 unspecified atom stereocenters. The van der Waals surface area contributed by atoms with Gasteiger partial charge in [0.1, 0.15) is 11.6 Å². The van der Waals surface area contributed by atoms with Gasteiger partial charge in [0.15, 0.2) is 0 Å². The molecule has 0 aliphatic heterocycles. The Hall–Kier alpha value is -3.34. The number of para-hydroxylation sites is 2. The van der Waals surface area contributed by atoms with Crippen molar-refractivity contribution < 1.29 is 9.53 Å². The number of benzene rings is 3. The normalized spacial score (nSPS) is 11.0. The third kappa shape index (κ3) is 3.98. The highest BCUT2D eigenvalue weighted by Crippen LogP contribution is 2.21. The summed E-state index contributed by atoms with van der Waals surface area (Å²) in [6.45, 7) is 3.34. The van der Waals surface area contributed by atoms with E-state index in [1.165, 1.54) is 17.7 Å². The van der Waals surface area contributed by atoms with Crippen LogP contribution < -0.4 is 10.1 Å². The van der Waals surface area contributed by atoms with Crippen LogP contribution in [0.5, 0.6) is 5.75 Å². The van der Waals surface area contributed by atoms with Crippen molar-refractivity contribution in [3.8, 4) is 5.75 Å². The number of nitrogens with zero attached hydrogens (tertiary/aromatic N) is 2. The summed E-state index contributed by atoms with van der Waals surface area (Å²) >= 11 is 0. The Morgan fingerprint density at radius 3 is 2.68 bits per heavy atom. The number of amides is 1. The third-order valence-corrected chi connectivity index (χ3v) is 4.74. The number of carbonyl (C=O) groups excluding carboxylic acids is 1. The van der Waals surface area contributed by atoms with E-state index in [2.05, 4.69) is 45.2 Å². The minimum absolute atomic E-state index is 0.0572. The van der Waals surface area contributed by atoms with E-state index in [0.29, 0.717) is 13.2 Å². The summed E-state index contributed by atoms with van der Waals surface area (Å²) < 4.78 is 8.12. The fourth-order valence-corrected chi connectivity index (χ4v) is 3.38. The van der Waals surface area contributed by atoms with Gasteiger partial charge in [0.2, 0.25) is 5.91 Å². The molecular weight excluding hydrogens is 350 g/mol. The van der Waals surface area contributed by atoms with E-state index < -0.39 is 0 Å². The number of imidazole rings is 1. The maximum absolute atomic E-state index is 11.3. The Balaban J connectivity index is 1.42. The van der Waals surface area contributed by atoms with Gasteiger partial charge < -0.3 is 14.6 Å². The first-order valence-electron chi connectivity index (χ1n) is 9.51. The first kappa shape index (κ1) is 18.0. The predicted molar refractivity (Wildman–Crippen MR) is 111 cm³/mol. The van der Waals surface area contributed by atoms with Gasteiger partial charge in [-0.05, 0) is 41.5 Å². The van der Waals surface area contributed by atoms with Crippen molar-refractivity contribution in [3.63, 3.8) is 0 Å². The van der Waals surface area contributed by atoms with E-state index >= 15 is 0 Å². The van der Waals surface area contributed by atoms with Gasteiger partial charge in [-0.15, -0.1) is 0 Å². The van der Waals surface area contributed by atoms with Crippen molar-refractivity contribution in [3.05, 3.63) is 72.6 Å². The Morgan fingerprint density at radius 1 is 1.04 bits per heavy atom. The standard InChI is InChI=1S/C23H23N3O2/c1-17(27)24-16-23-25-21-9-4-5-10-22(21)26(23)13-6-14-28-20-12-11-18-7-2-3-8-19(18)15-20/h2-5,7-12,15H,6,13-14,16H2,1H3,(H,24,27). The van der Waals surface area contributed by atoms with E-state index in [0.717, 1.165) is 35.6 Å². The Bertz CT molecular complexity index is 1120. The molecule has 3 aromatic carbocycles. The minimum atomic E-state index is -0.0572. The number of aromatic nitrogens is 2. The third-order valence-electron chi connectivity index (χ3n) is 4.74. The van der Waals surface area contributed by atoms with Gasteiger partial charge in [0.05, 0.1) is 24.2 Å². The molecule has 1 aromatic heterocycles. The Labute approximate surface area is 164 Å². The van der Waals surface area contributed by atoms with Gasteiger partial charge in [-0.2, -0.15) is 0 Å². The van der Waals surface area contributed by atoms with Gasteiger partial charge in [0.25, 0.3) is 0 Å². The van der Waals surface area contributed by atoms with Crippen molar-refractivity contribution in [2.45, 2.75) is 26.4 Å².